The fraction of sp³-hybridized carbons (Fsp3) is 0.250. The number of anilines is 1. The van der Waals surface area contributed by atoms with E-state index in [0.29, 0.717) is 6.61 Å². The van der Waals surface area contributed by atoms with E-state index in [1.165, 1.54) is 16.7 Å². The van der Waals surface area contributed by atoms with Gasteiger partial charge < -0.3 is 10.1 Å². The first-order valence-corrected chi connectivity index (χ1v) is 12.5. The largest absolute Gasteiger partial charge is 0.370 e. The van der Waals surface area contributed by atoms with Gasteiger partial charge in [-0.15, -0.1) is 11.3 Å². The van der Waals surface area contributed by atoms with Gasteiger partial charge in [-0.3, -0.25) is 0 Å². The molecule has 1 aliphatic heterocycles. The van der Waals surface area contributed by atoms with Gasteiger partial charge in [0.1, 0.15) is 17.0 Å². The maximum atomic E-state index is 6.23. The molecule has 0 fully saturated rings. The fourth-order valence-corrected chi connectivity index (χ4v) is 5.86. The maximum absolute atomic E-state index is 6.23. The highest BCUT2D eigenvalue weighted by atomic mass is 32.1. The average molecular weight is 467 g/mol. The van der Waals surface area contributed by atoms with Gasteiger partial charge in [0.25, 0.3) is 0 Å². The summed E-state index contributed by atoms with van der Waals surface area (Å²) in [6, 6.07) is 20.9. The summed E-state index contributed by atoms with van der Waals surface area (Å²) < 4.78 is 7.29. The molecule has 0 spiro atoms. The number of nitrogens with one attached hydrogen (secondary N) is 1. The van der Waals surface area contributed by atoms with E-state index in [9.17, 15) is 0 Å². The number of thiophene rings is 1. The van der Waals surface area contributed by atoms with Crippen molar-refractivity contribution in [1.29, 1.82) is 0 Å². The van der Waals surface area contributed by atoms with E-state index in [0.717, 1.165) is 56.9 Å². The van der Waals surface area contributed by atoms with Crippen molar-refractivity contribution in [2.75, 3.05) is 11.9 Å². The van der Waals surface area contributed by atoms with E-state index in [4.69, 9.17) is 14.7 Å². The van der Waals surface area contributed by atoms with Crippen molar-refractivity contribution in [3.05, 3.63) is 83.7 Å². The number of hydrogen-bond acceptors (Lipinski definition) is 6. The molecule has 2 aromatic carbocycles. The van der Waals surface area contributed by atoms with Crippen LogP contribution in [0.25, 0.3) is 31.7 Å². The molecule has 0 atom stereocenters. The van der Waals surface area contributed by atoms with Crippen molar-refractivity contribution in [2.45, 2.75) is 38.9 Å². The van der Waals surface area contributed by atoms with Crippen molar-refractivity contribution in [3.8, 4) is 11.3 Å². The van der Waals surface area contributed by atoms with Crippen LogP contribution >= 0.6 is 11.3 Å². The van der Waals surface area contributed by atoms with Crippen LogP contribution < -0.4 is 5.32 Å². The molecule has 5 nitrogen and oxygen atoms in total. The Labute approximate surface area is 202 Å². The van der Waals surface area contributed by atoms with Crippen LogP contribution in [-0.2, 0) is 24.2 Å². The summed E-state index contributed by atoms with van der Waals surface area (Å²) >= 11 is 1.68. The molecular weight excluding hydrogens is 440 g/mol. The lowest BCUT2D eigenvalue weighted by Gasteiger charge is -2.33. The minimum absolute atomic E-state index is 0.229. The van der Waals surface area contributed by atoms with Gasteiger partial charge in [0.15, 0.2) is 0 Å². The first-order valence-electron chi connectivity index (χ1n) is 11.7. The molecule has 0 saturated carbocycles. The molecule has 6 rings (SSSR count). The summed E-state index contributed by atoms with van der Waals surface area (Å²) in [6.07, 6.45) is 3.43. The first-order chi connectivity index (χ1) is 16.6. The summed E-state index contributed by atoms with van der Waals surface area (Å²) in [5, 5.41) is 4.70. The second-order valence-corrected chi connectivity index (χ2v) is 10.4. The number of pyridine rings is 1. The van der Waals surface area contributed by atoms with Crippen LogP contribution in [0.2, 0.25) is 0 Å². The van der Waals surface area contributed by atoms with Crippen molar-refractivity contribution in [2.24, 2.45) is 0 Å². The smallest absolute Gasteiger partial charge is 0.147 e. The van der Waals surface area contributed by atoms with Gasteiger partial charge in [0.2, 0.25) is 0 Å². The Hall–Kier alpha value is -3.35. The Morgan fingerprint density at radius 1 is 0.971 bits per heavy atom. The van der Waals surface area contributed by atoms with Gasteiger partial charge in [-0.1, -0.05) is 60.7 Å². The van der Waals surface area contributed by atoms with Crippen LogP contribution in [-0.4, -0.2) is 27.1 Å². The number of hydrogen-bond donors (Lipinski definition) is 1. The third-order valence-electron chi connectivity index (χ3n) is 6.42. The molecule has 0 radical (unpaired) electrons. The second kappa shape index (κ2) is 8.46. The topological polar surface area (TPSA) is 59.9 Å². The lowest BCUT2D eigenvalue weighted by molar-refractivity contribution is -0.0394. The summed E-state index contributed by atoms with van der Waals surface area (Å²) in [7, 11) is 0. The third kappa shape index (κ3) is 3.83. The summed E-state index contributed by atoms with van der Waals surface area (Å²) in [5.41, 5.74) is 6.67. The predicted octanol–water partition coefficient (Wildman–Crippen LogP) is 6.41. The van der Waals surface area contributed by atoms with Gasteiger partial charge in [-0.2, -0.15) is 0 Å². The lowest BCUT2D eigenvalue weighted by Crippen LogP contribution is -2.32. The predicted molar refractivity (Wildman–Crippen MR) is 139 cm³/mol. The Kier molecular flexibility index (Phi) is 5.27. The zero-order valence-corrected chi connectivity index (χ0v) is 20.2. The van der Waals surface area contributed by atoms with Crippen molar-refractivity contribution < 1.29 is 4.74 Å². The maximum Gasteiger partial charge on any atom is 0.147 e. The Morgan fingerprint density at radius 2 is 1.74 bits per heavy atom. The number of rotatable bonds is 5. The van der Waals surface area contributed by atoms with Gasteiger partial charge >= 0.3 is 0 Å². The minimum Gasteiger partial charge on any atom is -0.370 e. The minimum atomic E-state index is -0.229. The molecule has 5 aromatic rings. The van der Waals surface area contributed by atoms with Crippen LogP contribution in [0.3, 0.4) is 0 Å². The molecule has 0 saturated heterocycles. The van der Waals surface area contributed by atoms with Gasteiger partial charge in [-0.05, 0) is 31.4 Å². The number of ether oxygens (including phenoxy) is 1. The highest BCUT2D eigenvalue weighted by Crippen LogP contribution is 2.44. The molecular formula is C28H26N4OS. The second-order valence-electron chi connectivity index (χ2n) is 9.35. The first kappa shape index (κ1) is 21.2. The third-order valence-corrected chi connectivity index (χ3v) is 7.50. The van der Waals surface area contributed by atoms with E-state index in [-0.39, 0.29) is 5.60 Å². The Balaban J connectivity index is 1.47. The zero-order valence-electron chi connectivity index (χ0n) is 19.3. The summed E-state index contributed by atoms with van der Waals surface area (Å²) in [5.74, 6) is 0.880. The molecule has 1 N–H and O–H groups in total. The normalized spacial score (nSPS) is 14.9. The Bertz CT molecular complexity index is 1480. The van der Waals surface area contributed by atoms with E-state index >= 15 is 0 Å². The van der Waals surface area contributed by atoms with Crippen molar-refractivity contribution in [1.82, 2.24) is 15.0 Å². The van der Waals surface area contributed by atoms with Crippen molar-refractivity contribution >= 4 is 37.6 Å². The highest BCUT2D eigenvalue weighted by molar-refractivity contribution is 7.26. The summed E-state index contributed by atoms with van der Waals surface area (Å²) in [4.78, 5) is 15.5. The lowest BCUT2D eigenvalue weighted by atomic mass is 9.88. The molecule has 0 bridgehead atoms. The number of benzene rings is 2. The highest BCUT2D eigenvalue weighted by Gasteiger charge is 2.32. The molecule has 170 valence electrons. The standard InChI is InChI=1S/C28H26N4OS/c1-28(2)15-20-21(16-33-28)23(19-11-7-4-8-12-19)32-27-22(20)24-25(34-27)26(31-17-30-24)29-14-13-18-9-5-3-6-10-18/h3-12,17H,13-16H2,1-2H3,(H,29,30,31). The van der Waals surface area contributed by atoms with Gasteiger partial charge in [0, 0.05) is 29.5 Å². The van der Waals surface area contributed by atoms with E-state index < -0.39 is 0 Å². The molecule has 4 heterocycles. The molecule has 0 unspecified atom stereocenters. The van der Waals surface area contributed by atoms with Gasteiger partial charge in [-0.25, -0.2) is 15.0 Å². The molecule has 6 heteroatoms. The molecule has 0 aliphatic carbocycles. The van der Waals surface area contributed by atoms with Crippen LogP contribution in [0, 0.1) is 0 Å². The monoisotopic (exact) mass is 466 g/mol. The van der Waals surface area contributed by atoms with Crippen LogP contribution in [0.4, 0.5) is 5.82 Å². The Morgan fingerprint density at radius 3 is 2.53 bits per heavy atom. The van der Waals surface area contributed by atoms with E-state index in [1.807, 2.05) is 12.1 Å². The molecule has 1 aliphatic rings. The van der Waals surface area contributed by atoms with Gasteiger partial charge in [0.05, 0.1) is 28.1 Å². The molecule has 3 aromatic heterocycles. The quantitative estimate of drug-likeness (QED) is 0.324. The van der Waals surface area contributed by atoms with Crippen LogP contribution in [0.1, 0.15) is 30.5 Å². The number of aromatic nitrogens is 3. The van der Waals surface area contributed by atoms with E-state index in [2.05, 4.69) is 72.7 Å². The molecule has 0 amide bonds. The summed E-state index contributed by atoms with van der Waals surface area (Å²) in [6.45, 7) is 5.68. The average Bonchev–Trinajstić information content (AvgIpc) is 3.24. The zero-order chi connectivity index (χ0) is 23.1. The molecule has 34 heavy (non-hydrogen) atoms. The fourth-order valence-electron chi connectivity index (χ4n) is 4.74. The SMILES string of the molecule is CC1(C)Cc2c(c(-c3ccccc3)nc3sc4c(NCCc5ccccc5)ncnc4c23)CO1. The number of nitrogens with zero attached hydrogens (tertiary/aromatic N) is 3. The van der Waals surface area contributed by atoms with E-state index in [1.54, 1.807) is 17.7 Å². The van der Waals surface area contributed by atoms with Crippen molar-refractivity contribution in [3.63, 3.8) is 0 Å². The number of fused-ring (bicyclic) bond motifs is 5. The van der Waals surface area contributed by atoms with Crippen LogP contribution in [0.15, 0.2) is 67.0 Å². The van der Waals surface area contributed by atoms with Crippen LogP contribution in [0.5, 0.6) is 0 Å².